The van der Waals surface area contributed by atoms with E-state index in [1.54, 1.807) is 7.05 Å². The Morgan fingerprint density at radius 1 is 1.69 bits per heavy atom. The van der Waals surface area contributed by atoms with Crippen LogP contribution in [0.1, 0.15) is 29.8 Å². The van der Waals surface area contributed by atoms with Crippen LogP contribution in [0.3, 0.4) is 0 Å². The third-order valence-corrected chi connectivity index (χ3v) is 4.21. The topological polar surface area (TPSA) is 32.3 Å². The first-order valence-electron chi connectivity index (χ1n) is 5.77. The number of hydrogen-bond donors (Lipinski definition) is 1. The van der Waals surface area contributed by atoms with Gasteiger partial charge in [-0.05, 0) is 29.9 Å². The lowest BCUT2D eigenvalue weighted by Crippen LogP contribution is -2.41. The second kappa shape index (κ2) is 4.97. The summed E-state index contributed by atoms with van der Waals surface area (Å²) in [7, 11) is 1.70. The smallest absolute Gasteiger partial charge is 0.233 e. The average Bonchev–Trinajstić information content (AvgIpc) is 2.76. The summed E-state index contributed by atoms with van der Waals surface area (Å²) in [5.74, 6) is 0.108. The molecule has 0 saturated heterocycles. The Morgan fingerprint density at radius 3 is 3.19 bits per heavy atom. The van der Waals surface area contributed by atoms with Gasteiger partial charge in [-0.3, -0.25) is 9.69 Å². The Hall–Kier alpha value is -0.870. The number of carbonyl (C=O) groups is 1. The zero-order valence-electron chi connectivity index (χ0n) is 9.82. The number of carbonyl (C=O) groups excluding carboxylic acids is 1. The van der Waals surface area contributed by atoms with Crippen molar-refractivity contribution >= 4 is 17.2 Å². The van der Waals surface area contributed by atoms with E-state index in [-0.39, 0.29) is 5.91 Å². The molecular formula is C12H18N2OS. The average molecular weight is 238 g/mol. The third kappa shape index (κ3) is 2.13. The van der Waals surface area contributed by atoms with Gasteiger partial charge >= 0.3 is 0 Å². The van der Waals surface area contributed by atoms with Crippen LogP contribution in [0.2, 0.25) is 0 Å². The van der Waals surface area contributed by atoms with Gasteiger partial charge in [-0.2, -0.15) is 0 Å². The van der Waals surface area contributed by atoms with E-state index in [2.05, 4.69) is 28.6 Å². The Kier molecular flexibility index (Phi) is 3.61. The van der Waals surface area contributed by atoms with E-state index in [1.807, 2.05) is 11.3 Å². The highest BCUT2D eigenvalue weighted by atomic mass is 32.1. The Bertz CT molecular complexity index is 375. The predicted octanol–water partition coefficient (Wildman–Crippen LogP) is 1.80. The Labute approximate surface area is 100 Å². The molecule has 0 saturated carbocycles. The molecule has 1 aromatic rings. The maximum absolute atomic E-state index is 11.4. The molecule has 1 aromatic heterocycles. The highest BCUT2D eigenvalue weighted by molar-refractivity contribution is 7.10. The highest BCUT2D eigenvalue weighted by Gasteiger charge is 2.27. The fourth-order valence-electron chi connectivity index (χ4n) is 2.38. The predicted molar refractivity (Wildman–Crippen MR) is 66.7 cm³/mol. The molecule has 0 radical (unpaired) electrons. The number of likely N-dealkylation sites (N-methyl/N-ethyl adjacent to an activating group) is 1. The Balaban J connectivity index is 2.14. The van der Waals surface area contributed by atoms with E-state index in [1.165, 1.54) is 10.4 Å². The van der Waals surface area contributed by atoms with E-state index in [0.29, 0.717) is 12.6 Å². The van der Waals surface area contributed by atoms with Crippen LogP contribution >= 0.6 is 11.3 Å². The summed E-state index contributed by atoms with van der Waals surface area (Å²) in [5.41, 5.74) is 1.43. The van der Waals surface area contributed by atoms with Crippen LogP contribution in [0, 0.1) is 0 Å². The zero-order chi connectivity index (χ0) is 11.5. The summed E-state index contributed by atoms with van der Waals surface area (Å²) in [5, 5.41) is 4.86. The lowest BCUT2D eigenvalue weighted by atomic mass is 9.98. The van der Waals surface area contributed by atoms with Crippen molar-refractivity contribution in [2.75, 3.05) is 20.1 Å². The van der Waals surface area contributed by atoms with E-state index >= 15 is 0 Å². The van der Waals surface area contributed by atoms with Gasteiger partial charge in [-0.1, -0.05) is 6.92 Å². The van der Waals surface area contributed by atoms with Gasteiger partial charge in [0.2, 0.25) is 5.91 Å². The molecule has 1 N–H and O–H groups in total. The molecule has 0 unspecified atom stereocenters. The lowest BCUT2D eigenvalue weighted by molar-refractivity contribution is -0.122. The fourth-order valence-corrected chi connectivity index (χ4v) is 3.31. The SMILES string of the molecule is CC[C@H]1c2ccsc2CCN1CC(=O)NC. The number of thiophene rings is 1. The first kappa shape index (κ1) is 11.6. The molecule has 0 aromatic carbocycles. The van der Waals surface area contributed by atoms with Crippen molar-refractivity contribution in [3.05, 3.63) is 21.9 Å². The molecule has 1 amide bonds. The van der Waals surface area contributed by atoms with Gasteiger partial charge in [-0.25, -0.2) is 0 Å². The largest absolute Gasteiger partial charge is 0.358 e. The molecule has 16 heavy (non-hydrogen) atoms. The van der Waals surface area contributed by atoms with Gasteiger partial charge in [0.25, 0.3) is 0 Å². The fraction of sp³-hybridized carbons (Fsp3) is 0.583. The number of rotatable bonds is 3. The van der Waals surface area contributed by atoms with E-state index in [9.17, 15) is 4.79 Å². The van der Waals surface area contributed by atoms with Gasteiger partial charge in [0.1, 0.15) is 0 Å². The molecule has 2 heterocycles. The zero-order valence-corrected chi connectivity index (χ0v) is 10.6. The lowest BCUT2D eigenvalue weighted by Gasteiger charge is -2.34. The van der Waals surface area contributed by atoms with E-state index in [0.717, 1.165) is 19.4 Å². The van der Waals surface area contributed by atoms with Crippen LogP contribution in [0.25, 0.3) is 0 Å². The second-order valence-corrected chi connectivity index (χ2v) is 5.12. The summed E-state index contributed by atoms with van der Waals surface area (Å²) in [4.78, 5) is 15.2. The van der Waals surface area contributed by atoms with Crippen molar-refractivity contribution in [3.63, 3.8) is 0 Å². The first-order chi connectivity index (χ1) is 7.76. The summed E-state index contributed by atoms with van der Waals surface area (Å²) < 4.78 is 0. The molecule has 1 aliphatic rings. The standard InChI is InChI=1S/C12H18N2OS/c1-3-10-9-5-7-16-11(9)4-6-14(10)8-12(15)13-2/h5,7,10H,3-4,6,8H2,1-2H3,(H,13,15)/t10-/m0/s1. The van der Waals surface area contributed by atoms with Crippen molar-refractivity contribution in [2.24, 2.45) is 0 Å². The van der Waals surface area contributed by atoms with Crippen molar-refractivity contribution in [1.29, 1.82) is 0 Å². The number of amides is 1. The molecule has 4 heteroatoms. The van der Waals surface area contributed by atoms with E-state index < -0.39 is 0 Å². The quantitative estimate of drug-likeness (QED) is 0.871. The van der Waals surface area contributed by atoms with Gasteiger partial charge in [0.15, 0.2) is 0 Å². The monoisotopic (exact) mass is 238 g/mol. The Morgan fingerprint density at radius 2 is 2.50 bits per heavy atom. The summed E-state index contributed by atoms with van der Waals surface area (Å²) >= 11 is 1.84. The second-order valence-electron chi connectivity index (χ2n) is 4.12. The van der Waals surface area contributed by atoms with Gasteiger partial charge in [-0.15, -0.1) is 11.3 Å². The highest BCUT2D eigenvalue weighted by Crippen LogP contribution is 2.34. The van der Waals surface area contributed by atoms with Gasteiger partial charge < -0.3 is 5.32 Å². The van der Waals surface area contributed by atoms with Crippen LogP contribution < -0.4 is 5.32 Å². The maximum atomic E-state index is 11.4. The van der Waals surface area contributed by atoms with Crippen molar-refractivity contribution in [2.45, 2.75) is 25.8 Å². The van der Waals surface area contributed by atoms with Gasteiger partial charge in [0, 0.05) is 24.5 Å². The van der Waals surface area contributed by atoms with Crippen LogP contribution in [-0.4, -0.2) is 30.9 Å². The maximum Gasteiger partial charge on any atom is 0.233 e. The van der Waals surface area contributed by atoms with Crippen LogP contribution in [-0.2, 0) is 11.2 Å². The summed E-state index contributed by atoms with van der Waals surface area (Å²) in [6.45, 7) is 3.71. The molecule has 0 fully saturated rings. The van der Waals surface area contributed by atoms with Crippen LogP contribution in [0.5, 0.6) is 0 Å². The summed E-state index contributed by atoms with van der Waals surface area (Å²) in [6.07, 6.45) is 2.15. The van der Waals surface area contributed by atoms with Crippen molar-refractivity contribution in [1.82, 2.24) is 10.2 Å². The molecule has 0 bridgehead atoms. The molecule has 0 spiro atoms. The molecule has 3 nitrogen and oxygen atoms in total. The number of hydrogen-bond acceptors (Lipinski definition) is 3. The van der Waals surface area contributed by atoms with Crippen LogP contribution in [0.15, 0.2) is 11.4 Å². The first-order valence-corrected chi connectivity index (χ1v) is 6.65. The molecule has 2 rings (SSSR count). The molecule has 0 aliphatic carbocycles. The van der Waals surface area contributed by atoms with Gasteiger partial charge in [0.05, 0.1) is 6.54 Å². The minimum atomic E-state index is 0.108. The van der Waals surface area contributed by atoms with E-state index in [4.69, 9.17) is 0 Å². The molecular weight excluding hydrogens is 220 g/mol. The normalized spacial score (nSPS) is 20.5. The third-order valence-electron chi connectivity index (χ3n) is 3.22. The van der Waals surface area contributed by atoms with Crippen molar-refractivity contribution in [3.8, 4) is 0 Å². The van der Waals surface area contributed by atoms with Crippen molar-refractivity contribution < 1.29 is 4.79 Å². The minimum absolute atomic E-state index is 0.108. The minimum Gasteiger partial charge on any atom is -0.358 e. The van der Waals surface area contributed by atoms with Crippen LogP contribution in [0.4, 0.5) is 0 Å². The number of fused-ring (bicyclic) bond motifs is 1. The number of nitrogens with zero attached hydrogens (tertiary/aromatic N) is 1. The summed E-state index contributed by atoms with van der Waals surface area (Å²) in [6, 6.07) is 2.64. The number of nitrogens with one attached hydrogen (secondary N) is 1. The molecule has 88 valence electrons. The molecule has 1 aliphatic heterocycles. The molecule has 1 atom stereocenters.